The summed E-state index contributed by atoms with van der Waals surface area (Å²) in [5, 5.41) is 8.43. The highest BCUT2D eigenvalue weighted by Gasteiger charge is 2.27. The van der Waals surface area contributed by atoms with Crippen LogP contribution in [0.4, 0.5) is 0 Å². The SMILES string of the molecule is C/C=C/CC(N)(C/C=C/C)n1nnc2ccccc21. The van der Waals surface area contributed by atoms with Crippen molar-refractivity contribution in [3.63, 3.8) is 0 Å². The van der Waals surface area contributed by atoms with Crippen LogP contribution in [0, 0.1) is 0 Å². The van der Waals surface area contributed by atoms with E-state index >= 15 is 0 Å². The smallest absolute Gasteiger partial charge is 0.119 e. The van der Waals surface area contributed by atoms with Gasteiger partial charge in [-0.05, 0) is 26.0 Å². The van der Waals surface area contributed by atoms with Gasteiger partial charge in [-0.3, -0.25) is 0 Å². The molecule has 0 radical (unpaired) electrons. The Morgan fingerprint density at radius 1 is 1.16 bits per heavy atom. The van der Waals surface area contributed by atoms with Crippen LogP contribution in [0.5, 0.6) is 0 Å². The third kappa shape index (κ3) is 2.74. The number of hydrogen-bond acceptors (Lipinski definition) is 3. The predicted octanol–water partition coefficient (Wildman–Crippen LogP) is 2.98. The molecule has 1 heterocycles. The molecule has 1 aromatic carbocycles. The fourth-order valence-electron chi connectivity index (χ4n) is 2.10. The van der Waals surface area contributed by atoms with Crippen molar-refractivity contribution in [3.8, 4) is 0 Å². The van der Waals surface area contributed by atoms with Gasteiger partial charge in [0.05, 0.1) is 5.52 Å². The molecule has 4 heteroatoms. The molecule has 0 saturated carbocycles. The molecule has 0 unspecified atom stereocenters. The summed E-state index contributed by atoms with van der Waals surface area (Å²) in [6.07, 6.45) is 9.61. The number of benzene rings is 1. The third-order valence-electron chi connectivity index (χ3n) is 3.19. The van der Waals surface area contributed by atoms with Crippen molar-refractivity contribution >= 4 is 11.0 Å². The average molecular weight is 256 g/mol. The second-order valence-electron chi connectivity index (χ2n) is 4.64. The van der Waals surface area contributed by atoms with Gasteiger partial charge in [0.2, 0.25) is 0 Å². The van der Waals surface area contributed by atoms with Crippen molar-refractivity contribution in [1.29, 1.82) is 0 Å². The lowest BCUT2D eigenvalue weighted by Crippen LogP contribution is -2.43. The normalized spacial score (nSPS) is 13.0. The summed E-state index contributed by atoms with van der Waals surface area (Å²) in [6.45, 7) is 3.99. The molecule has 0 atom stereocenters. The van der Waals surface area contributed by atoms with Crippen molar-refractivity contribution in [1.82, 2.24) is 15.0 Å². The number of nitrogens with zero attached hydrogens (tertiary/aromatic N) is 3. The average Bonchev–Trinajstić information content (AvgIpc) is 2.87. The maximum absolute atomic E-state index is 6.56. The lowest BCUT2D eigenvalue weighted by atomic mass is 10.0. The van der Waals surface area contributed by atoms with E-state index in [2.05, 4.69) is 22.5 Å². The number of rotatable bonds is 5. The molecule has 19 heavy (non-hydrogen) atoms. The summed E-state index contributed by atoms with van der Waals surface area (Å²) >= 11 is 0. The Morgan fingerprint density at radius 2 is 1.79 bits per heavy atom. The molecule has 2 rings (SSSR count). The van der Waals surface area contributed by atoms with E-state index in [9.17, 15) is 0 Å². The summed E-state index contributed by atoms with van der Waals surface area (Å²) in [5.41, 5.74) is 7.83. The zero-order chi connectivity index (χ0) is 13.7. The molecular weight excluding hydrogens is 236 g/mol. The van der Waals surface area contributed by atoms with E-state index in [1.807, 2.05) is 54.9 Å². The van der Waals surface area contributed by atoms with Crippen molar-refractivity contribution in [3.05, 3.63) is 48.6 Å². The minimum atomic E-state index is -0.574. The molecule has 1 aromatic heterocycles. The Morgan fingerprint density at radius 3 is 2.42 bits per heavy atom. The first-order valence-electron chi connectivity index (χ1n) is 6.53. The van der Waals surface area contributed by atoms with Crippen LogP contribution in [0.2, 0.25) is 0 Å². The first kappa shape index (κ1) is 13.5. The fraction of sp³-hybridized carbons (Fsp3) is 0.333. The Balaban J connectivity index is 2.47. The Labute approximate surface area is 113 Å². The van der Waals surface area contributed by atoms with Gasteiger partial charge < -0.3 is 5.73 Å². The Hall–Kier alpha value is -1.94. The quantitative estimate of drug-likeness (QED) is 0.837. The molecule has 4 nitrogen and oxygen atoms in total. The van der Waals surface area contributed by atoms with Crippen molar-refractivity contribution in [2.24, 2.45) is 5.73 Å². The third-order valence-corrected chi connectivity index (χ3v) is 3.19. The topological polar surface area (TPSA) is 56.7 Å². The first-order chi connectivity index (χ1) is 9.21. The van der Waals surface area contributed by atoms with E-state index < -0.39 is 5.66 Å². The minimum Gasteiger partial charge on any atom is -0.307 e. The van der Waals surface area contributed by atoms with Gasteiger partial charge in [-0.2, -0.15) is 0 Å². The van der Waals surface area contributed by atoms with Crippen molar-refractivity contribution in [2.75, 3.05) is 0 Å². The fourth-order valence-corrected chi connectivity index (χ4v) is 2.10. The predicted molar refractivity (Wildman–Crippen MR) is 78.6 cm³/mol. The molecule has 100 valence electrons. The summed E-state index contributed by atoms with van der Waals surface area (Å²) in [7, 11) is 0. The van der Waals surface area contributed by atoms with Gasteiger partial charge in [-0.1, -0.05) is 41.7 Å². The van der Waals surface area contributed by atoms with Crippen LogP contribution in [-0.2, 0) is 5.66 Å². The van der Waals surface area contributed by atoms with E-state index in [1.165, 1.54) is 0 Å². The monoisotopic (exact) mass is 256 g/mol. The van der Waals surface area contributed by atoms with E-state index in [0.717, 1.165) is 23.9 Å². The molecule has 0 aliphatic carbocycles. The van der Waals surface area contributed by atoms with Gasteiger partial charge in [0.1, 0.15) is 11.2 Å². The standard InChI is InChI=1S/C15H20N4/c1-3-5-11-15(16,12-6-4-2)19-14-10-8-7-9-13(14)17-18-19/h3-10H,11-12,16H2,1-2H3/b5-3+,6-4+. The Bertz CT molecular complexity index is 581. The summed E-state index contributed by atoms with van der Waals surface area (Å²) in [5.74, 6) is 0. The van der Waals surface area contributed by atoms with Crippen LogP contribution in [0.1, 0.15) is 26.7 Å². The lowest BCUT2D eigenvalue weighted by molar-refractivity contribution is 0.274. The van der Waals surface area contributed by atoms with Gasteiger partial charge in [-0.25, -0.2) is 4.68 Å². The molecule has 2 N–H and O–H groups in total. The maximum Gasteiger partial charge on any atom is 0.119 e. The number of para-hydroxylation sites is 1. The van der Waals surface area contributed by atoms with Crippen molar-refractivity contribution in [2.45, 2.75) is 32.4 Å². The van der Waals surface area contributed by atoms with Crippen LogP contribution in [0.3, 0.4) is 0 Å². The number of hydrogen-bond donors (Lipinski definition) is 1. The lowest BCUT2D eigenvalue weighted by Gasteiger charge is -2.27. The van der Waals surface area contributed by atoms with Crippen LogP contribution in [-0.4, -0.2) is 15.0 Å². The van der Waals surface area contributed by atoms with E-state index in [0.29, 0.717) is 0 Å². The second kappa shape index (κ2) is 5.80. The molecule has 0 fully saturated rings. The number of fused-ring (bicyclic) bond motifs is 1. The van der Waals surface area contributed by atoms with Gasteiger partial charge in [0.25, 0.3) is 0 Å². The number of aromatic nitrogens is 3. The van der Waals surface area contributed by atoms with Gasteiger partial charge in [-0.15, -0.1) is 5.10 Å². The molecule has 0 spiro atoms. The van der Waals surface area contributed by atoms with Crippen LogP contribution in [0.15, 0.2) is 48.6 Å². The molecule has 0 amide bonds. The number of nitrogens with two attached hydrogens (primary N) is 1. The Kier molecular flexibility index (Phi) is 4.12. The van der Waals surface area contributed by atoms with Gasteiger partial charge in [0.15, 0.2) is 0 Å². The molecule has 0 aliphatic heterocycles. The van der Waals surface area contributed by atoms with E-state index in [-0.39, 0.29) is 0 Å². The molecule has 0 bridgehead atoms. The van der Waals surface area contributed by atoms with Gasteiger partial charge in [0, 0.05) is 12.8 Å². The van der Waals surface area contributed by atoms with Crippen LogP contribution >= 0.6 is 0 Å². The van der Waals surface area contributed by atoms with Crippen LogP contribution in [0.25, 0.3) is 11.0 Å². The first-order valence-corrected chi connectivity index (χ1v) is 6.53. The maximum atomic E-state index is 6.56. The van der Waals surface area contributed by atoms with Crippen molar-refractivity contribution < 1.29 is 0 Å². The highest BCUT2D eigenvalue weighted by Crippen LogP contribution is 2.24. The summed E-state index contributed by atoms with van der Waals surface area (Å²) < 4.78 is 1.84. The molecule has 0 aliphatic rings. The van der Waals surface area contributed by atoms with Gasteiger partial charge >= 0.3 is 0 Å². The molecule has 0 saturated heterocycles. The highest BCUT2D eigenvalue weighted by atomic mass is 15.5. The zero-order valence-corrected chi connectivity index (χ0v) is 11.5. The summed E-state index contributed by atoms with van der Waals surface area (Å²) in [6, 6.07) is 7.89. The van der Waals surface area contributed by atoms with E-state index in [4.69, 9.17) is 5.73 Å². The largest absolute Gasteiger partial charge is 0.307 e. The highest BCUT2D eigenvalue weighted by molar-refractivity contribution is 5.74. The number of allylic oxidation sites excluding steroid dienone is 2. The zero-order valence-electron chi connectivity index (χ0n) is 11.5. The second-order valence-corrected chi connectivity index (χ2v) is 4.64. The molecule has 2 aromatic rings. The van der Waals surface area contributed by atoms with E-state index in [1.54, 1.807) is 0 Å². The minimum absolute atomic E-state index is 0.574. The molecular formula is C15H20N4. The van der Waals surface area contributed by atoms with Crippen LogP contribution < -0.4 is 5.73 Å². The summed E-state index contributed by atoms with van der Waals surface area (Å²) in [4.78, 5) is 0.